The minimum absolute atomic E-state index is 0.111. The third kappa shape index (κ3) is 2.82. The average Bonchev–Trinajstić information content (AvgIpc) is 2.80. The molecule has 0 aliphatic rings. The van der Waals surface area contributed by atoms with Gasteiger partial charge in [0, 0.05) is 35.2 Å². The van der Waals surface area contributed by atoms with Gasteiger partial charge in [-0.1, -0.05) is 18.2 Å². The standard InChI is InChI=1S/C14H13NO4/c1-19-14(18)9(7-13(16)17)6-10-8-15-12-5-3-2-4-11(10)12/h2-5,7-8,15H,6H2,1H3,(H,16,17)/b9-7+. The Balaban J connectivity index is 2.36. The number of carbonyl (C=O) groups excluding carboxylic acids is 1. The van der Waals surface area contributed by atoms with Crippen molar-refractivity contribution < 1.29 is 19.4 Å². The molecule has 19 heavy (non-hydrogen) atoms. The molecule has 0 spiro atoms. The Hall–Kier alpha value is -2.56. The maximum atomic E-state index is 11.5. The molecule has 0 radical (unpaired) electrons. The molecule has 0 unspecified atom stereocenters. The van der Waals surface area contributed by atoms with Crippen LogP contribution in [0.1, 0.15) is 5.56 Å². The Morgan fingerprint density at radius 2 is 2.11 bits per heavy atom. The molecule has 1 aromatic carbocycles. The molecule has 2 aromatic rings. The average molecular weight is 259 g/mol. The summed E-state index contributed by atoms with van der Waals surface area (Å²) in [6, 6.07) is 7.61. The number of benzene rings is 1. The van der Waals surface area contributed by atoms with Crippen LogP contribution in [0, 0.1) is 0 Å². The molecule has 2 rings (SSSR count). The zero-order valence-electron chi connectivity index (χ0n) is 10.3. The summed E-state index contributed by atoms with van der Waals surface area (Å²) in [4.78, 5) is 25.4. The number of carbonyl (C=O) groups is 2. The van der Waals surface area contributed by atoms with Crippen LogP contribution < -0.4 is 0 Å². The minimum Gasteiger partial charge on any atom is -0.478 e. The summed E-state index contributed by atoms with van der Waals surface area (Å²) >= 11 is 0. The number of nitrogens with one attached hydrogen (secondary N) is 1. The number of aromatic amines is 1. The van der Waals surface area contributed by atoms with Gasteiger partial charge in [-0.15, -0.1) is 0 Å². The highest BCUT2D eigenvalue weighted by Gasteiger charge is 2.14. The van der Waals surface area contributed by atoms with E-state index in [0.717, 1.165) is 22.5 Å². The summed E-state index contributed by atoms with van der Waals surface area (Å²) in [6.45, 7) is 0. The van der Waals surface area contributed by atoms with E-state index >= 15 is 0 Å². The number of rotatable bonds is 4. The molecule has 0 aliphatic carbocycles. The smallest absolute Gasteiger partial charge is 0.334 e. The van der Waals surface area contributed by atoms with Gasteiger partial charge < -0.3 is 14.8 Å². The summed E-state index contributed by atoms with van der Waals surface area (Å²) in [5, 5.41) is 9.74. The van der Waals surface area contributed by atoms with Crippen molar-refractivity contribution in [2.75, 3.05) is 7.11 Å². The third-order valence-corrected chi connectivity index (χ3v) is 2.80. The van der Waals surface area contributed by atoms with Gasteiger partial charge in [-0.3, -0.25) is 0 Å². The number of carboxylic acid groups (broad SMARTS) is 1. The fraction of sp³-hybridized carbons (Fsp3) is 0.143. The van der Waals surface area contributed by atoms with Gasteiger partial charge in [-0.05, 0) is 11.6 Å². The number of aromatic nitrogens is 1. The molecule has 1 aromatic heterocycles. The van der Waals surface area contributed by atoms with Crippen LogP contribution >= 0.6 is 0 Å². The Morgan fingerprint density at radius 1 is 1.37 bits per heavy atom. The molecular weight excluding hydrogens is 246 g/mol. The van der Waals surface area contributed by atoms with Crippen molar-refractivity contribution in [1.82, 2.24) is 4.98 Å². The van der Waals surface area contributed by atoms with E-state index in [4.69, 9.17) is 5.11 Å². The molecule has 0 amide bonds. The van der Waals surface area contributed by atoms with Crippen molar-refractivity contribution in [3.05, 3.63) is 47.7 Å². The quantitative estimate of drug-likeness (QED) is 0.649. The van der Waals surface area contributed by atoms with Gasteiger partial charge in [-0.2, -0.15) is 0 Å². The van der Waals surface area contributed by atoms with Gasteiger partial charge in [0.15, 0.2) is 0 Å². The topological polar surface area (TPSA) is 79.4 Å². The number of hydrogen-bond acceptors (Lipinski definition) is 3. The van der Waals surface area contributed by atoms with Crippen molar-refractivity contribution in [3.8, 4) is 0 Å². The zero-order valence-corrected chi connectivity index (χ0v) is 10.3. The lowest BCUT2D eigenvalue weighted by molar-refractivity contribution is -0.137. The molecular formula is C14H13NO4. The molecule has 5 nitrogen and oxygen atoms in total. The lowest BCUT2D eigenvalue weighted by Gasteiger charge is -2.03. The molecule has 1 heterocycles. The van der Waals surface area contributed by atoms with Gasteiger partial charge >= 0.3 is 11.9 Å². The first-order valence-electron chi connectivity index (χ1n) is 5.68. The van der Waals surface area contributed by atoms with E-state index in [2.05, 4.69) is 9.72 Å². The molecule has 0 atom stereocenters. The van der Waals surface area contributed by atoms with Crippen LogP contribution in [-0.2, 0) is 20.7 Å². The number of methoxy groups -OCH3 is 1. The summed E-state index contributed by atoms with van der Waals surface area (Å²) in [5.74, 6) is -1.80. The second-order valence-corrected chi connectivity index (χ2v) is 4.04. The van der Waals surface area contributed by atoms with Crippen LogP contribution in [0.5, 0.6) is 0 Å². The Kier molecular flexibility index (Phi) is 3.66. The van der Waals surface area contributed by atoms with Crippen molar-refractivity contribution in [1.29, 1.82) is 0 Å². The monoisotopic (exact) mass is 259 g/mol. The molecule has 0 saturated heterocycles. The summed E-state index contributed by atoms with van der Waals surface area (Å²) in [5.41, 5.74) is 1.91. The van der Waals surface area contributed by atoms with Gasteiger partial charge in [-0.25, -0.2) is 9.59 Å². The van der Waals surface area contributed by atoms with Crippen LogP contribution in [0.3, 0.4) is 0 Å². The first-order chi connectivity index (χ1) is 9.11. The number of esters is 1. The number of ether oxygens (including phenoxy) is 1. The highest BCUT2D eigenvalue weighted by molar-refractivity contribution is 5.97. The number of fused-ring (bicyclic) bond motifs is 1. The molecule has 98 valence electrons. The van der Waals surface area contributed by atoms with E-state index < -0.39 is 11.9 Å². The van der Waals surface area contributed by atoms with Gasteiger partial charge in [0.25, 0.3) is 0 Å². The predicted octanol–water partition coefficient (Wildman–Crippen LogP) is 1.89. The van der Waals surface area contributed by atoms with E-state index in [0.29, 0.717) is 0 Å². The summed E-state index contributed by atoms with van der Waals surface area (Å²) < 4.78 is 4.59. The lowest BCUT2D eigenvalue weighted by Crippen LogP contribution is -2.09. The van der Waals surface area contributed by atoms with Crippen molar-refractivity contribution in [2.45, 2.75) is 6.42 Å². The van der Waals surface area contributed by atoms with Crippen molar-refractivity contribution >= 4 is 22.8 Å². The van der Waals surface area contributed by atoms with E-state index in [1.165, 1.54) is 7.11 Å². The lowest BCUT2D eigenvalue weighted by atomic mass is 10.0. The SMILES string of the molecule is COC(=O)/C(=C/C(=O)O)Cc1c[nH]c2ccccc12. The maximum Gasteiger partial charge on any atom is 0.334 e. The van der Waals surface area contributed by atoms with Crippen LogP contribution in [0.15, 0.2) is 42.1 Å². The molecule has 0 saturated carbocycles. The number of aliphatic carboxylic acids is 1. The number of carboxylic acids is 1. The largest absolute Gasteiger partial charge is 0.478 e. The first-order valence-corrected chi connectivity index (χ1v) is 5.68. The number of para-hydroxylation sites is 1. The molecule has 5 heteroatoms. The normalized spacial score (nSPS) is 11.5. The van der Waals surface area contributed by atoms with Crippen LogP contribution in [-0.4, -0.2) is 29.1 Å². The maximum absolute atomic E-state index is 11.5. The first kappa shape index (κ1) is 12.9. The summed E-state index contributed by atoms with van der Waals surface area (Å²) in [7, 11) is 1.23. The van der Waals surface area contributed by atoms with Crippen LogP contribution in [0.2, 0.25) is 0 Å². The Morgan fingerprint density at radius 3 is 2.79 bits per heavy atom. The molecule has 0 fully saturated rings. The Bertz CT molecular complexity index is 654. The van der Waals surface area contributed by atoms with Gasteiger partial charge in [0.1, 0.15) is 0 Å². The second-order valence-electron chi connectivity index (χ2n) is 4.04. The van der Waals surface area contributed by atoms with Crippen molar-refractivity contribution in [2.24, 2.45) is 0 Å². The third-order valence-electron chi connectivity index (χ3n) is 2.80. The minimum atomic E-state index is -1.17. The highest BCUT2D eigenvalue weighted by Crippen LogP contribution is 2.20. The highest BCUT2D eigenvalue weighted by atomic mass is 16.5. The Labute approximate surface area is 109 Å². The number of H-pyrrole nitrogens is 1. The molecule has 0 aliphatic heterocycles. The molecule has 0 bridgehead atoms. The second kappa shape index (κ2) is 5.39. The van der Waals surface area contributed by atoms with Crippen molar-refractivity contribution in [3.63, 3.8) is 0 Å². The number of hydrogen-bond donors (Lipinski definition) is 2. The fourth-order valence-electron chi connectivity index (χ4n) is 1.95. The van der Waals surface area contributed by atoms with Crippen LogP contribution in [0.25, 0.3) is 10.9 Å². The van der Waals surface area contributed by atoms with Gasteiger partial charge in [0.2, 0.25) is 0 Å². The fourth-order valence-corrected chi connectivity index (χ4v) is 1.95. The van der Waals surface area contributed by atoms with Crippen LogP contribution in [0.4, 0.5) is 0 Å². The molecule has 2 N–H and O–H groups in total. The summed E-state index contributed by atoms with van der Waals surface area (Å²) in [6.07, 6.45) is 2.86. The van der Waals surface area contributed by atoms with E-state index in [9.17, 15) is 9.59 Å². The zero-order chi connectivity index (χ0) is 13.8. The van der Waals surface area contributed by atoms with E-state index in [-0.39, 0.29) is 12.0 Å². The van der Waals surface area contributed by atoms with E-state index in [1.54, 1.807) is 6.20 Å². The van der Waals surface area contributed by atoms with Gasteiger partial charge in [0.05, 0.1) is 7.11 Å². The van der Waals surface area contributed by atoms with E-state index in [1.807, 2.05) is 24.3 Å². The predicted molar refractivity (Wildman–Crippen MR) is 69.7 cm³/mol.